The number of hydrogen-bond acceptors (Lipinski definition) is 5. The Bertz CT molecular complexity index is 1460. The summed E-state index contributed by atoms with van der Waals surface area (Å²) in [5.74, 6) is -0.463. The van der Waals surface area contributed by atoms with Gasteiger partial charge in [0.2, 0.25) is 8.41 Å². The number of carbonyl (C=O) groups excluding carboxylic acids is 1. The zero-order valence-electron chi connectivity index (χ0n) is 22.4. The summed E-state index contributed by atoms with van der Waals surface area (Å²) in [6, 6.07) is 16.0. The molecule has 0 bridgehead atoms. The van der Waals surface area contributed by atoms with E-state index in [-0.39, 0.29) is 36.8 Å². The van der Waals surface area contributed by atoms with Gasteiger partial charge >= 0.3 is 0 Å². The molecule has 0 radical (unpaired) electrons. The van der Waals surface area contributed by atoms with E-state index in [2.05, 4.69) is 0 Å². The third kappa shape index (κ3) is 4.51. The van der Waals surface area contributed by atoms with Gasteiger partial charge < -0.3 is 23.6 Å². The van der Waals surface area contributed by atoms with E-state index in [0.29, 0.717) is 22.0 Å². The number of amides is 1. The highest BCUT2D eigenvalue weighted by atomic mass is 35.5. The smallest absolute Gasteiger partial charge is 0.297 e. The van der Waals surface area contributed by atoms with Crippen LogP contribution in [0.25, 0.3) is 5.69 Å². The highest BCUT2D eigenvalue weighted by molar-refractivity contribution is 6.72. The van der Waals surface area contributed by atoms with Gasteiger partial charge in [0.1, 0.15) is 0 Å². The van der Waals surface area contributed by atoms with Gasteiger partial charge in [0.15, 0.2) is 11.4 Å². The maximum atomic E-state index is 15.6. The number of nitrogens with zero attached hydrogens (tertiary/aromatic N) is 2. The number of methoxy groups -OCH3 is 1. The molecule has 2 aliphatic heterocycles. The minimum absolute atomic E-state index is 0.155. The van der Waals surface area contributed by atoms with Crippen LogP contribution < -0.4 is 15.2 Å². The average molecular weight is 571 g/mol. The number of rotatable bonds is 7. The lowest BCUT2D eigenvalue weighted by Crippen LogP contribution is -2.45. The van der Waals surface area contributed by atoms with Crippen LogP contribution in [0.5, 0.6) is 5.75 Å². The fraction of sp³-hybridized carbons (Fsp3) is 0.379. The molecule has 1 fully saturated rings. The lowest BCUT2D eigenvalue weighted by molar-refractivity contribution is -0.146. The summed E-state index contributed by atoms with van der Waals surface area (Å²) >= 11 is 6.39. The molecule has 10 heteroatoms. The van der Waals surface area contributed by atoms with Crippen LogP contribution in [0, 0.1) is 5.92 Å². The van der Waals surface area contributed by atoms with Crippen molar-refractivity contribution in [2.24, 2.45) is 5.92 Å². The van der Waals surface area contributed by atoms with Gasteiger partial charge in [0, 0.05) is 40.5 Å². The molecule has 2 aromatic carbocycles. The van der Waals surface area contributed by atoms with Crippen molar-refractivity contribution in [3.8, 4) is 11.4 Å². The quantitative estimate of drug-likeness (QED) is 0.312. The monoisotopic (exact) mass is 570 g/mol. The van der Waals surface area contributed by atoms with Crippen LogP contribution in [-0.2, 0) is 21.7 Å². The third-order valence-corrected chi connectivity index (χ3v) is 10.7. The van der Waals surface area contributed by atoms with E-state index in [9.17, 15) is 14.7 Å². The number of aliphatic hydroxyl groups excluding tert-OH is 1. The van der Waals surface area contributed by atoms with Gasteiger partial charge in [-0.05, 0) is 67.5 Å². The summed E-state index contributed by atoms with van der Waals surface area (Å²) in [6.45, 7) is 5.24. The van der Waals surface area contributed by atoms with Gasteiger partial charge in [0.05, 0.1) is 25.4 Å². The summed E-state index contributed by atoms with van der Waals surface area (Å²) in [5.41, 5.74) is 0.693. The highest BCUT2D eigenvalue weighted by Gasteiger charge is 2.66. The van der Waals surface area contributed by atoms with Crippen LogP contribution in [-0.4, -0.2) is 43.8 Å². The van der Waals surface area contributed by atoms with Crippen molar-refractivity contribution in [1.82, 2.24) is 4.57 Å². The fourth-order valence-electron chi connectivity index (χ4n) is 6.35. The molecule has 1 saturated heterocycles. The van der Waals surface area contributed by atoms with Crippen molar-refractivity contribution in [3.05, 3.63) is 87.3 Å². The molecule has 206 valence electrons. The topological polar surface area (TPSA) is 81.0 Å². The number of anilines is 1. The Kier molecular flexibility index (Phi) is 7.22. The van der Waals surface area contributed by atoms with E-state index in [4.69, 9.17) is 21.1 Å². The van der Waals surface area contributed by atoms with Gasteiger partial charge in [-0.3, -0.25) is 14.2 Å². The second-order valence-electron chi connectivity index (χ2n) is 10.8. The minimum Gasteiger partial charge on any atom is -0.491 e. The molecule has 1 spiro atoms. The van der Waals surface area contributed by atoms with Crippen LogP contribution >= 0.6 is 11.6 Å². The highest BCUT2D eigenvalue weighted by Crippen LogP contribution is 2.60. The standard InChI is InChI=1S/C29H32ClFN2O5Si/c1-18-26(39(3,4)31)24(13-15-34)38-29(18)22-16-20(30)9-12-23(22)33(28(29)36)17-19-7-10-21(11-8-19)32-14-5-6-25(37-2)27(32)35/h5-12,14,16,18,24,26,34H,13,15,17H2,1-4H3/t18-,24+,26-,29+/m0/s1. The molecule has 1 amide bonds. The van der Waals surface area contributed by atoms with Gasteiger partial charge in [-0.2, -0.15) is 0 Å². The van der Waals surface area contributed by atoms with E-state index in [1.54, 1.807) is 54.5 Å². The molecular weight excluding hydrogens is 539 g/mol. The molecule has 2 aliphatic rings. The average Bonchev–Trinajstić information content (AvgIpc) is 3.31. The number of aliphatic hydroxyl groups is 1. The van der Waals surface area contributed by atoms with Crippen LogP contribution in [0.1, 0.15) is 24.5 Å². The molecule has 0 aliphatic carbocycles. The summed E-state index contributed by atoms with van der Waals surface area (Å²) in [7, 11) is -1.82. The van der Waals surface area contributed by atoms with Crippen LogP contribution in [0.4, 0.5) is 9.80 Å². The number of hydrogen-bond donors (Lipinski definition) is 1. The van der Waals surface area contributed by atoms with Crippen LogP contribution in [0.3, 0.4) is 0 Å². The molecule has 3 heterocycles. The van der Waals surface area contributed by atoms with Crippen molar-refractivity contribution < 1.29 is 23.5 Å². The van der Waals surface area contributed by atoms with E-state index in [1.165, 1.54) is 11.7 Å². The fourth-order valence-corrected chi connectivity index (χ4v) is 9.07. The third-order valence-electron chi connectivity index (χ3n) is 8.02. The predicted octanol–water partition coefficient (Wildman–Crippen LogP) is 5.20. The van der Waals surface area contributed by atoms with Crippen molar-refractivity contribution in [1.29, 1.82) is 0 Å². The molecule has 0 saturated carbocycles. The Balaban J connectivity index is 1.51. The normalized spacial score (nSPS) is 24.4. The lowest BCUT2D eigenvalue weighted by atomic mass is 9.82. The number of aromatic nitrogens is 1. The van der Waals surface area contributed by atoms with Gasteiger partial charge in [-0.1, -0.05) is 30.7 Å². The Labute approximate surface area is 232 Å². The van der Waals surface area contributed by atoms with E-state index >= 15 is 4.11 Å². The second-order valence-corrected chi connectivity index (χ2v) is 15.0. The number of benzene rings is 2. The molecular formula is C29H32ClFN2O5Si. The first-order valence-corrected chi connectivity index (χ1v) is 16.3. The summed E-state index contributed by atoms with van der Waals surface area (Å²) in [6.07, 6.45) is 1.35. The molecule has 1 aromatic heterocycles. The van der Waals surface area contributed by atoms with Gasteiger partial charge in [-0.25, -0.2) is 0 Å². The van der Waals surface area contributed by atoms with Crippen LogP contribution in [0.15, 0.2) is 65.6 Å². The van der Waals surface area contributed by atoms with Crippen LogP contribution in [0.2, 0.25) is 23.7 Å². The van der Waals surface area contributed by atoms with E-state index in [0.717, 1.165) is 5.56 Å². The Morgan fingerprint density at radius 1 is 1.15 bits per heavy atom. The Morgan fingerprint density at radius 3 is 2.51 bits per heavy atom. The van der Waals surface area contributed by atoms with Crippen molar-refractivity contribution in [3.63, 3.8) is 0 Å². The lowest BCUT2D eigenvalue weighted by Gasteiger charge is -2.31. The molecule has 4 atom stereocenters. The molecule has 0 unspecified atom stereocenters. The zero-order chi connectivity index (χ0) is 28.1. The van der Waals surface area contributed by atoms with E-state index in [1.807, 2.05) is 31.2 Å². The minimum atomic E-state index is -3.27. The largest absolute Gasteiger partial charge is 0.491 e. The Hall–Kier alpha value is -2.98. The van der Waals surface area contributed by atoms with E-state index < -0.39 is 31.6 Å². The summed E-state index contributed by atoms with van der Waals surface area (Å²) < 4.78 is 28.8. The predicted molar refractivity (Wildman–Crippen MR) is 151 cm³/mol. The van der Waals surface area contributed by atoms with Gasteiger partial charge in [0.25, 0.3) is 11.5 Å². The second kappa shape index (κ2) is 10.2. The summed E-state index contributed by atoms with van der Waals surface area (Å²) in [5, 5.41) is 10.2. The first-order valence-electron chi connectivity index (χ1n) is 13.0. The maximum Gasteiger partial charge on any atom is 0.297 e. The van der Waals surface area contributed by atoms with Crippen molar-refractivity contribution >= 4 is 31.6 Å². The van der Waals surface area contributed by atoms with Crippen molar-refractivity contribution in [2.75, 3.05) is 18.6 Å². The number of fused-ring (bicyclic) bond motifs is 2. The molecule has 39 heavy (non-hydrogen) atoms. The van der Waals surface area contributed by atoms with Crippen molar-refractivity contribution in [2.45, 2.75) is 50.2 Å². The SMILES string of the molecule is COc1cccn(-c2ccc(CN3C(=O)[C@]4(O[C@H](CCO)[C@@H]([Si](C)(C)F)[C@@H]4C)c4cc(Cl)ccc43)cc2)c1=O. The molecule has 3 aromatic rings. The number of pyridine rings is 1. The number of carbonyl (C=O) groups is 1. The molecule has 1 N–H and O–H groups in total. The first kappa shape index (κ1) is 27.6. The molecule has 5 rings (SSSR count). The van der Waals surface area contributed by atoms with Gasteiger partial charge in [-0.15, -0.1) is 0 Å². The molecule has 7 nitrogen and oxygen atoms in total. The number of ether oxygens (including phenoxy) is 2. The Morgan fingerprint density at radius 2 is 1.87 bits per heavy atom. The zero-order valence-corrected chi connectivity index (χ0v) is 24.1. The maximum absolute atomic E-state index is 15.6. The number of halogens is 2. The summed E-state index contributed by atoms with van der Waals surface area (Å²) in [4.78, 5) is 28.6. The first-order chi connectivity index (χ1) is 18.5.